The summed E-state index contributed by atoms with van der Waals surface area (Å²) in [5.41, 5.74) is 1.76. The lowest BCUT2D eigenvalue weighted by Gasteiger charge is -2.12. The standard InChI is InChI=1S/C18H18F2N4.HI/c1-22-18(23-9-8-13-3-6-16(19)7-4-13)24-12-15-5-2-14(11-21)10-17(15)20;/h2-7,10H,8-9,12H2,1H3,(H2,22,23,24);1H. The molecule has 2 rings (SSSR count). The second kappa shape index (κ2) is 10.6. The molecule has 25 heavy (non-hydrogen) atoms. The topological polar surface area (TPSA) is 60.2 Å². The van der Waals surface area contributed by atoms with E-state index in [1.807, 2.05) is 6.07 Å². The number of aliphatic imine (C=N–C) groups is 1. The SMILES string of the molecule is CN=C(NCCc1ccc(F)cc1)NCc1ccc(C#N)cc1F.I. The van der Waals surface area contributed by atoms with Crippen molar-refractivity contribution in [1.29, 1.82) is 5.26 Å². The maximum absolute atomic E-state index is 13.8. The number of rotatable bonds is 5. The summed E-state index contributed by atoms with van der Waals surface area (Å²) < 4.78 is 26.7. The maximum atomic E-state index is 13.8. The highest BCUT2D eigenvalue weighted by Gasteiger charge is 2.05. The van der Waals surface area contributed by atoms with Gasteiger partial charge in [0.15, 0.2) is 5.96 Å². The van der Waals surface area contributed by atoms with Gasteiger partial charge in [-0.15, -0.1) is 24.0 Å². The van der Waals surface area contributed by atoms with Crippen molar-refractivity contribution in [1.82, 2.24) is 10.6 Å². The van der Waals surface area contributed by atoms with Crippen LogP contribution in [0.3, 0.4) is 0 Å². The van der Waals surface area contributed by atoms with Gasteiger partial charge in [0.1, 0.15) is 11.6 Å². The highest BCUT2D eigenvalue weighted by Crippen LogP contribution is 2.09. The summed E-state index contributed by atoms with van der Waals surface area (Å²) in [6, 6.07) is 12.6. The van der Waals surface area contributed by atoms with Gasteiger partial charge < -0.3 is 10.6 Å². The van der Waals surface area contributed by atoms with E-state index in [2.05, 4.69) is 15.6 Å². The normalized spacial score (nSPS) is 10.6. The lowest BCUT2D eigenvalue weighted by atomic mass is 10.1. The zero-order valence-electron chi connectivity index (χ0n) is 13.7. The van der Waals surface area contributed by atoms with Gasteiger partial charge in [-0.05, 0) is 36.2 Å². The molecule has 132 valence electrons. The predicted molar refractivity (Wildman–Crippen MR) is 105 cm³/mol. The Morgan fingerprint density at radius 2 is 1.84 bits per heavy atom. The third-order valence-electron chi connectivity index (χ3n) is 3.47. The molecule has 0 fully saturated rings. The third-order valence-corrected chi connectivity index (χ3v) is 3.47. The van der Waals surface area contributed by atoms with E-state index in [0.717, 1.165) is 5.56 Å². The number of nitriles is 1. The lowest BCUT2D eigenvalue weighted by molar-refractivity contribution is 0.604. The molecule has 0 bridgehead atoms. The fourth-order valence-corrected chi connectivity index (χ4v) is 2.14. The summed E-state index contributed by atoms with van der Waals surface area (Å²) in [7, 11) is 1.63. The molecule has 7 heteroatoms. The number of nitrogens with zero attached hydrogens (tertiary/aromatic N) is 2. The van der Waals surface area contributed by atoms with Crippen LogP contribution in [0.5, 0.6) is 0 Å². The fraction of sp³-hybridized carbons (Fsp3) is 0.222. The van der Waals surface area contributed by atoms with Crippen molar-refractivity contribution >= 4 is 29.9 Å². The first-order valence-corrected chi connectivity index (χ1v) is 7.50. The summed E-state index contributed by atoms with van der Waals surface area (Å²) in [5, 5.41) is 14.9. The number of nitrogens with one attached hydrogen (secondary N) is 2. The first-order valence-electron chi connectivity index (χ1n) is 7.50. The van der Waals surface area contributed by atoms with E-state index < -0.39 is 5.82 Å². The Balaban J connectivity index is 0.00000312. The highest BCUT2D eigenvalue weighted by molar-refractivity contribution is 14.0. The molecule has 0 heterocycles. The lowest BCUT2D eigenvalue weighted by Crippen LogP contribution is -2.38. The maximum Gasteiger partial charge on any atom is 0.191 e. The second-order valence-corrected chi connectivity index (χ2v) is 5.15. The Morgan fingerprint density at radius 3 is 2.44 bits per heavy atom. The highest BCUT2D eigenvalue weighted by atomic mass is 127. The van der Waals surface area contributed by atoms with Crippen LogP contribution in [0, 0.1) is 23.0 Å². The number of hydrogen-bond donors (Lipinski definition) is 2. The van der Waals surface area contributed by atoms with Crippen LogP contribution in [0.25, 0.3) is 0 Å². The van der Waals surface area contributed by atoms with Crippen LogP contribution >= 0.6 is 24.0 Å². The van der Waals surface area contributed by atoms with Crippen LogP contribution in [0.1, 0.15) is 16.7 Å². The molecule has 0 atom stereocenters. The first kappa shape index (κ1) is 20.8. The zero-order valence-corrected chi connectivity index (χ0v) is 16.1. The molecule has 0 aliphatic rings. The first-order chi connectivity index (χ1) is 11.6. The summed E-state index contributed by atoms with van der Waals surface area (Å²) in [6.07, 6.45) is 0.714. The van der Waals surface area contributed by atoms with Crippen molar-refractivity contribution in [2.45, 2.75) is 13.0 Å². The summed E-state index contributed by atoms with van der Waals surface area (Å²) in [4.78, 5) is 4.07. The van der Waals surface area contributed by atoms with Gasteiger partial charge in [0.05, 0.1) is 11.6 Å². The van der Waals surface area contributed by atoms with Gasteiger partial charge in [0.2, 0.25) is 0 Å². The Labute approximate surface area is 163 Å². The average molecular weight is 456 g/mol. The average Bonchev–Trinajstić information content (AvgIpc) is 2.60. The molecule has 0 spiro atoms. The number of hydrogen-bond acceptors (Lipinski definition) is 2. The van der Waals surface area contributed by atoms with Gasteiger partial charge in [-0.3, -0.25) is 4.99 Å². The van der Waals surface area contributed by atoms with Gasteiger partial charge in [-0.2, -0.15) is 5.26 Å². The summed E-state index contributed by atoms with van der Waals surface area (Å²) >= 11 is 0. The molecule has 0 aliphatic carbocycles. The molecule has 0 radical (unpaired) electrons. The predicted octanol–water partition coefficient (Wildman–Crippen LogP) is 3.36. The van der Waals surface area contributed by atoms with E-state index in [0.29, 0.717) is 24.5 Å². The van der Waals surface area contributed by atoms with E-state index in [4.69, 9.17) is 5.26 Å². The van der Waals surface area contributed by atoms with E-state index in [1.165, 1.54) is 18.2 Å². The molecule has 4 nitrogen and oxygen atoms in total. The summed E-state index contributed by atoms with van der Waals surface area (Å²) in [5.74, 6) is -0.141. The monoisotopic (exact) mass is 456 g/mol. The van der Waals surface area contributed by atoms with Crippen molar-refractivity contribution in [2.75, 3.05) is 13.6 Å². The van der Waals surface area contributed by atoms with Crippen LogP contribution in [-0.4, -0.2) is 19.6 Å². The van der Waals surface area contributed by atoms with E-state index in [-0.39, 0.29) is 41.9 Å². The molecule has 2 aromatic carbocycles. The van der Waals surface area contributed by atoms with Crippen LogP contribution in [0.4, 0.5) is 8.78 Å². The Bertz CT molecular complexity index is 755. The quantitative estimate of drug-likeness (QED) is 0.412. The van der Waals surface area contributed by atoms with Crippen LogP contribution < -0.4 is 10.6 Å². The third kappa shape index (κ3) is 6.66. The van der Waals surface area contributed by atoms with Crippen molar-refractivity contribution in [3.8, 4) is 6.07 Å². The summed E-state index contributed by atoms with van der Waals surface area (Å²) in [6.45, 7) is 0.870. The van der Waals surface area contributed by atoms with Crippen LogP contribution in [0.2, 0.25) is 0 Å². The van der Waals surface area contributed by atoms with Crippen molar-refractivity contribution < 1.29 is 8.78 Å². The minimum absolute atomic E-state index is 0. The van der Waals surface area contributed by atoms with Crippen molar-refractivity contribution in [3.63, 3.8) is 0 Å². The zero-order chi connectivity index (χ0) is 17.4. The van der Waals surface area contributed by atoms with Crippen LogP contribution in [0.15, 0.2) is 47.5 Å². The molecule has 0 saturated heterocycles. The second-order valence-electron chi connectivity index (χ2n) is 5.15. The van der Waals surface area contributed by atoms with E-state index in [1.54, 1.807) is 31.3 Å². The molecule has 0 aliphatic heterocycles. The van der Waals surface area contributed by atoms with Crippen molar-refractivity contribution in [3.05, 3.63) is 70.8 Å². The smallest absolute Gasteiger partial charge is 0.191 e. The molecular formula is C18H19F2IN4. The number of halogens is 3. The Hall–Kier alpha value is -2.21. The van der Waals surface area contributed by atoms with Gasteiger partial charge in [0, 0.05) is 25.7 Å². The number of guanidine groups is 1. The molecule has 0 unspecified atom stereocenters. The largest absolute Gasteiger partial charge is 0.356 e. The minimum atomic E-state index is -0.427. The molecule has 2 N–H and O–H groups in total. The fourth-order valence-electron chi connectivity index (χ4n) is 2.14. The molecule has 0 amide bonds. The molecular weight excluding hydrogens is 437 g/mol. The Morgan fingerprint density at radius 1 is 1.12 bits per heavy atom. The van der Waals surface area contributed by atoms with E-state index >= 15 is 0 Å². The minimum Gasteiger partial charge on any atom is -0.356 e. The van der Waals surface area contributed by atoms with Gasteiger partial charge in [-0.1, -0.05) is 18.2 Å². The molecule has 0 saturated carbocycles. The molecule has 0 aromatic heterocycles. The van der Waals surface area contributed by atoms with Gasteiger partial charge in [-0.25, -0.2) is 8.78 Å². The molecule has 2 aromatic rings. The van der Waals surface area contributed by atoms with E-state index in [9.17, 15) is 8.78 Å². The van der Waals surface area contributed by atoms with Gasteiger partial charge >= 0.3 is 0 Å². The van der Waals surface area contributed by atoms with Crippen molar-refractivity contribution in [2.24, 2.45) is 4.99 Å². The number of benzene rings is 2. The van der Waals surface area contributed by atoms with Crippen LogP contribution in [-0.2, 0) is 13.0 Å². The Kier molecular flexibility index (Phi) is 8.84. The van der Waals surface area contributed by atoms with Gasteiger partial charge in [0.25, 0.3) is 0 Å².